The van der Waals surface area contributed by atoms with Crippen molar-refractivity contribution in [2.75, 3.05) is 25.0 Å². The number of pyridine rings is 1. The van der Waals surface area contributed by atoms with Crippen molar-refractivity contribution in [3.63, 3.8) is 0 Å². The molecular weight excluding hydrogens is 382 g/mol. The monoisotopic (exact) mass is 403 g/mol. The van der Waals surface area contributed by atoms with Crippen LogP contribution in [0.1, 0.15) is 18.4 Å². The molecule has 0 aliphatic carbocycles. The topological polar surface area (TPSA) is 82.7 Å². The standard InChI is InChI=1S/C21H21N7S/c1-27-12-15-8-13(7-14(10-22)20(15)26-27)17-9-19-18(11-24-17)25-21(29-19)28(2)16-3-5-23-6-4-16/h7-9,11-12,16,23H,3-6H2,1-2H3. The summed E-state index contributed by atoms with van der Waals surface area (Å²) >= 11 is 1.70. The quantitative estimate of drug-likeness (QED) is 0.565. The van der Waals surface area contributed by atoms with Crippen LogP contribution in [0.5, 0.6) is 0 Å². The van der Waals surface area contributed by atoms with E-state index in [1.807, 2.05) is 31.6 Å². The fraction of sp³-hybridized carbons (Fsp3) is 0.333. The van der Waals surface area contributed by atoms with Crippen molar-refractivity contribution >= 4 is 37.6 Å². The van der Waals surface area contributed by atoms with Crippen molar-refractivity contribution in [3.05, 3.63) is 36.2 Å². The lowest BCUT2D eigenvalue weighted by Gasteiger charge is -2.31. The molecule has 1 aliphatic rings. The molecule has 3 aromatic heterocycles. The maximum Gasteiger partial charge on any atom is 0.186 e. The van der Waals surface area contributed by atoms with E-state index in [2.05, 4.69) is 39.5 Å². The minimum Gasteiger partial charge on any atom is -0.348 e. The van der Waals surface area contributed by atoms with Gasteiger partial charge in [-0.1, -0.05) is 11.3 Å². The van der Waals surface area contributed by atoms with E-state index < -0.39 is 0 Å². The fourth-order valence-electron chi connectivity index (χ4n) is 3.97. The Hall–Kier alpha value is -3.02. The highest BCUT2D eigenvalue weighted by Crippen LogP contribution is 2.33. The molecule has 0 saturated carbocycles. The summed E-state index contributed by atoms with van der Waals surface area (Å²) in [6.07, 6.45) is 6.04. The van der Waals surface area contributed by atoms with E-state index in [0.29, 0.717) is 11.6 Å². The van der Waals surface area contributed by atoms with Crippen molar-refractivity contribution in [2.24, 2.45) is 7.05 Å². The second-order valence-electron chi connectivity index (χ2n) is 7.50. The first-order chi connectivity index (χ1) is 14.1. The van der Waals surface area contributed by atoms with Gasteiger partial charge in [-0.2, -0.15) is 10.4 Å². The summed E-state index contributed by atoms with van der Waals surface area (Å²) in [6, 6.07) is 8.77. The lowest BCUT2D eigenvalue weighted by atomic mass is 10.0. The molecule has 0 radical (unpaired) electrons. The Labute approximate surface area is 172 Å². The SMILES string of the molecule is CN(c1nc2cnc(-c3cc(C#N)c4nn(C)cc4c3)cc2s1)C1CCNCC1. The van der Waals surface area contributed by atoms with Gasteiger partial charge in [0, 0.05) is 37.3 Å². The lowest BCUT2D eigenvalue weighted by Crippen LogP contribution is -2.41. The zero-order valence-electron chi connectivity index (χ0n) is 16.4. The minimum absolute atomic E-state index is 0.524. The molecule has 4 aromatic rings. The van der Waals surface area contributed by atoms with Gasteiger partial charge in [0.15, 0.2) is 5.13 Å². The number of nitrogens with zero attached hydrogens (tertiary/aromatic N) is 6. The van der Waals surface area contributed by atoms with Gasteiger partial charge in [-0.3, -0.25) is 9.67 Å². The number of piperidine rings is 1. The molecule has 0 atom stereocenters. The average molecular weight is 404 g/mol. The summed E-state index contributed by atoms with van der Waals surface area (Å²) in [4.78, 5) is 11.7. The number of hydrogen-bond acceptors (Lipinski definition) is 7. The first-order valence-electron chi connectivity index (χ1n) is 9.70. The van der Waals surface area contributed by atoms with Crippen LogP contribution in [-0.4, -0.2) is 45.9 Å². The van der Waals surface area contributed by atoms with E-state index in [-0.39, 0.29) is 0 Å². The Morgan fingerprint density at radius 3 is 2.90 bits per heavy atom. The highest BCUT2D eigenvalue weighted by atomic mass is 32.1. The normalized spacial score (nSPS) is 15.1. The molecular formula is C21H21N7S. The molecule has 1 N–H and O–H groups in total. The summed E-state index contributed by atoms with van der Waals surface area (Å²) in [6.45, 7) is 2.12. The Balaban J connectivity index is 1.53. The van der Waals surface area contributed by atoms with Crippen molar-refractivity contribution in [1.82, 2.24) is 25.1 Å². The number of benzene rings is 1. The Kier molecular flexibility index (Phi) is 4.42. The lowest BCUT2D eigenvalue weighted by molar-refractivity contribution is 0.443. The molecule has 1 aliphatic heterocycles. The maximum atomic E-state index is 9.54. The van der Waals surface area contributed by atoms with E-state index in [0.717, 1.165) is 63.4 Å². The maximum absolute atomic E-state index is 9.54. The van der Waals surface area contributed by atoms with E-state index >= 15 is 0 Å². The Bertz CT molecular complexity index is 1240. The van der Waals surface area contributed by atoms with Gasteiger partial charge in [0.1, 0.15) is 17.1 Å². The zero-order chi connectivity index (χ0) is 20.0. The van der Waals surface area contributed by atoms with Crippen LogP contribution < -0.4 is 10.2 Å². The van der Waals surface area contributed by atoms with Crippen LogP contribution >= 0.6 is 11.3 Å². The molecule has 4 heterocycles. The van der Waals surface area contributed by atoms with Gasteiger partial charge in [0.25, 0.3) is 0 Å². The molecule has 7 nitrogen and oxygen atoms in total. The van der Waals surface area contributed by atoms with E-state index in [1.54, 1.807) is 16.0 Å². The Morgan fingerprint density at radius 1 is 1.28 bits per heavy atom. The van der Waals surface area contributed by atoms with Crippen LogP contribution in [0.15, 0.2) is 30.6 Å². The smallest absolute Gasteiger partial charge is 0.186 e. The van der Waals surface area contributed by atoms with Gasteiger partial charge in [-0.25, -0.2) is 4.98 Å². The van der Waals surface area contributed by atoms with Crippen LogP contribution in [-0.2, 0) is 7.05 Å². The predicted octanol–water partition coefficient (Wildman–Crippen LogP) is 3.30. The van der Waals surface area contributed by atoms with Crippen LogP contribution in [0.2, 0.25) is 0 Å². The van der Waals surface area contributed by atoms with Gasteiger partial charge in [0.05, 0.1) is 22.2 Å². The highest BCUT2D eigenvalue weighted by molar-refractivity contribution is 7.22. The molecule has 146 valence electrons. The molecule has 8 heteroatoms. The van der Waals surface area contributed by atoms with Crippen LogP contribution in [0.4, 0.5) is 5.13 Å². The molecule has 0 unspecified atom stereocenters. The van der Waals surface area contributed by atoms with Crippen molar-refractivity contribution < 1.29 is 0 Å². The molecule has 0 amide bonds. The number of aromatic nitrogens is 4. The van der Waals surface area contributed by atoms with Crippen molar-refractivity contribution in [2.45, 2.75) is 18.9 Å². The zero-order valence-corrected chi connectivity index (χ0v) is 17.2. The second-order valence-corrected chi connectivity index (χ2v) is 8.51. The summed E-state index contributed by atoms with van der Waals surface area (Å²) in [5.41, 5.74) is 3.97. The molecule has 0 bridgehead atoms. The molecule has 29 heavy (non-hydrogen) atoms. The number of thiazole rings is 1. The van der Waals surface area contributed by atoms with Crippen LogP contribution in [0, 0.1) is 11.3 Å². The number of fused-ring (bicyclic) bond motifs is 2. The number of anilines is 1. The number of rotatable bonds is 3. The first-order valence-corrected chi connectivity index (χ1v) is 10.5. The van der Waals surface area contributed by atoms with Crippen LogP contribution in [0.3, 0.4) is 0 Å². The number of nitriles is 1. The summed E-state index contributed by atoms with van der Waals surface area (Å²) in [5, 5.41) is 19.3. The first kappa shape index (κ1) is 18.0. The van der Waals surface area contributed by atoms with Crippen molar-refractivity contribution in [1.29, 1.82) is 5.26 Å². The molecule has 1 aromatic carbocycles. The van der Waals surface area contributed by atoms with E-state index in [9.17, 15) is 5.26 Å². The fourth-order valence-corrected chi connectivity index (χ4v) is 4.97. The minimum atomic E-state index is 0.524. The molecule has 0 spiro atoms. The third kappa shape index (κ3) is 3.22. The average Bonchev–Trinajstić information content (AvgIpc) is 3.34. The Morgan fingerprint density at radius 2 is 2.10 bits per heavy atom. The van der Waals surface area contributed by atoms with Gasteiger partial charge >= 0.3 is 0 Å². The van der Waals surface area contributed by atoms with Gasteiger partial charge in [-0.15, -0.1) is 0 Å². The summed E-state index contributed by atoms with van der Waals surface area (Å²) < 4.78 is 2.84. The van der Waals surface area contributed by atoms with Gasteiger partial charge in [-0.05, 0) is 44.1 Å². The number of aryl methyl sites for hydroxylation is 1. The van der Waals surface area contributed by atoms with Gasteiger partial charge in [0.2, 0.25) is 0 Å². The summed E-state index contributed by atoms with van der Waals surface area (Å²) in [7, 11) is 4.00. The third-order valence-corrected chi connectivity index (χ3v) is 6.67. The molecule has 1 fully saturated rings. The number of nitrogens with one attached hydrogen (secondary N) is 1. The summed E-state index contributed by atoms with van der Waals surface area (Å²) in [5.74, 6) is 0. The van der Waals surface area contributed by atoms with E-state index in [4.69, 9.17) is 4.98 Å². The second kappa shape index (κ2) is 7.10. The van der Waals surface area contributed by atoms with Crippen molar-refractivity contribution in [3.8, 4) is 17.3 Å². The molecule has 5 rings (SSSR count). The largest absolute Gasteiger partial charge is 0.348 e. The van der Waals surface area contributed by atoms with Gasteiger partial charge < -0.3 is 10.2 Å². The highest BCUT2D eigenvalue weighted by Gasteiger charge is 2.21. The predicted molar refractivity (Wildman–Crippen MR) is 116 cm³/mol. The molecule has 1 saturated heterocycles. The van der Waals surface area contributed by atoms with E-state index in [1.165, 1.54) is 0 Å². The van der Waals surface area contributed by atoms with Crippen LogP contribution in [0.25, 0.3) is 32.4 Å². The third-order valence-electron chi connectivity index (χ3n) is 5.56. The number of hydrogen-bond donors (Lipinski definition) is 1.